The molecule has 0 aliphatic heterocycles. The third kappa shape index (κ3) is 4.35. The van der Waals surface area contributed by atoms with Gasteiger partial charge in [-0.15, -0.1) is 5.10 Å². The molecule has 0 saturated heterocycles. The summed E-state index contributed by atoms with van der Waals surface area (Å²) in [7, 11) is 1.20. The molecule has 0 saturated carbocycles. The Hall–Kier alpha value is -2.36. The topological polar surface area (TPSA) is 57.0 Å². The van der Waals surface area contributed by atoms with Gasteiger partial charge >= 0.3 is 12.1 Å². The zero-order valence-corrected chi connectivity index (χ0v) is 18.0. The Labute approximate surface area is 188 Å². The lowest BCUT2D eigenvalue weighted by Crippen LogP contribution is -2.35. The highest BCUT2D eigenvalue weighted by molar-refractivity contribution is 6.38. The molecule has 5 nitrogen and oxygen atoms in total. The van der Waals surface area contributed by atoms with Crippen molar-refractivity contribution in [3.8, 4) is 16.9 Å². The number of hydrogen-bond donors (Lipinski definition) is 0. The van der Waals surface area contributed by atoms with Gasteiger partial charge in [0.15, 0.2) is 0 Å². The number of ether oxygens (including phenoxy) is 1. The largest absolute Gasteiger partial charge is 0.465 e. The van der Waals surface area contributed by atoms with E-state index >= 15 is 0 Å². The molecule has 164 valence electrons. The zero-order valence-electron chi connectivity index (χ0n) is 15.8. The van der Waals surface area contributed by atoms with Crippen LogP contribution in [0.1, 0.15) is 22.8 Å². The maximum absolute atomic E-state index is 14.3. The van der Waals surface area contributed by atoms with Crippen LogP contribution in [0.2, 0.25) is 15.1 Å². The molecular weight excluding hydrogens is 485 g/mol. The van der Waals surface area contributed by atoms with Crippen LogP contribution in [0.25, 0.3) is 16.9 Å². The highest BCUT2D eigenvalue weighted by atomic mass is 35.5. The van der Waals surface area contributed by atoms with Gasteiger partial charge in [-0.3, -0.25) is 0 Å². The first-order valence-corrected chi connectivity index (χ1v) is 9.56. The molecule has 3 rings (SSSR count). The smallest absolute Gasteiger partial charge is 0.426 e. The van der Waals surface area contributed by atoms with Gasteiger partial charge in [0.05, 0.1) is 33.9 Å². The molecule has 1 aromatic heterocycles. The van der Waals surface area contributed by atoms with Crippen molar-refractivity contribution in [1.29, 1.82) is 0 Å². The van der Waals surface area contributed by atoms with Crippen molar-refractivity contribution in [3.63, 3.8) is 0 Å². The predicted octanol–water partition coefficient (Wildman–Crippen LogP) is 6.43. The first-order valence-electron chi connectivity index (χ1n) is 8.43. The number of nitrogens with zero attached hydrogens (tertiary/aromatic N) is 3. The standard InChI is InChI=1S/C19H12Cl3F4N3O2/c1-18(23,19(24,25)26)10-6-13(21)16(14(22)7-10)29-8-15(27-28-29)9-3-4-12(20)11(5-9)17(30)31-2/h3-8H,1-2H3. The molecule has 3 aromatic rings. The number of rotatable bonds is 4. The third-order valence-electron chi connectivity index (χ3n) is 4.48. The Morgan fingerprint density at radius 2 is 1.65 bits per heavy atom. The van der Waals surface area contributed by atoms with E-state index in [1.807, 2.05) is 0 Å². The molecular formula is C19H12Cl3F4N3O2. The van der Waals surface area contributed by atoms with Gasteiger partial charge in [0.2, 0.25) is 5.67 Å². The number of carbonyl (C=O) groups excluding carboxylic acids is 1. The van der Waals surface area contributed by atoms with E-state index in [-0.39, 0.29) is 32.0 Å². The van der Waals surface area contributed by atoms with Crippen molar-refractivity contribution in [2.75, 3.05) is 7.11 Å². The third-order valence-corrected chi connectivity index (χ3v) is 5.39. The summed E-state index contributed by atoms with van der Waals surface area (Å²) >= 11 is 18.2. The SMILES string of the molecule is COC(=O)c1cc(-c2cn(-c3c(Cl)cc(C(C)(F)C(F)(F)F)cc3Cl)nn2)ccc1Cl. The molecule has 0 N–H and O–H groups in total. The highest BCUT2D eigenvalue weighted by Gasteiger charge is 2.53. The van der Waals surface area contributed by atoms with E-state index < -0.39 is 23.4 Å². The minimum absolute atomic E-state index is 0.00552. The molecule has 0 amide bonds. The fourth-order valence-electron chi connectivity index (χ4n) is 2.68. The second-order valence-electron chi connectivity index (χ2n) is 6.52. The average Bonchev–Trinajstić information content (AvgIpc) is 3.15. The summed E-state index contributed by atoms with van der Waals surface area (Å²) in [6, 6.07) is 6.14. The maximum Gasteiger partial charge on any atom is 0.426 e. The van der Waals surface area contributed by atoms with Gasteiger partial charge in [-0.2, -0.15) is 13.2 Å². The quantitative estimate of drug-likeness (QED) is 0.309. The lowest BCUT2D eigenvalue weighted by molar-refractivity contribution is -0.228. The second kappa shape index (κ2) is 8.29. The van der Waals surface area contributed by atoms with Crippen LogP contribution in [0.3, 0.4) is 0 Å². The number of alkyl halides is 4. The van der Waals surface area contributed by atoms with Crippen LogP contribution in [0.4, 0.5) is 17.6 Å². The molecule has 0 spiro atoms. The Kier molecular flexibility index (Phi) is 6.23. The molecule has 1 unspecified atom stereocenters. The van der Waals surface area contributed by atoms with Crippen molar-refractivity contribution >= 4 is 40.8 Å². The van der Waals surface area contributed by atoms with Gasteiger partial charge in [-0.05, 0) is 31.2 Å². The number of esters is 1. The van der Waals surface area contributed by atoms with Crippen LogP contribution < -0.4 is 0 Å². The van der Waals surface area contributed by atoms with E-state index in [1.54, 1.807) is 6.07 Å². The summed E-state index contributed by atoms with van der Waals surface area (Å²) in [6.07, 6.45) is -3.77. The van der Waals surface area contributed by atoms with Crippen LogP contribution in [-0.4, -0.2) is 34.2 Å². The van der Waals surface area contributed by atoms with Gasteiger partial charge in [0.1, 0.15) is 11.4 Å². The number of aromatic nitrogens is 3. The molecule has 1 atom stereocenters. The first kappa shape index (κ1) is 23.3. The molecule has 31 heavy (non-hydrogen) atoms. The van der Waals surface area contributed by atoms with Gasteiger partial charge in [-0.1, -0.05) is 46.1 Å². The number of hydrogen-bond acceptors (Lipinski definition) is 4. The van der Waals surface area contributed by atoms with Crippen LogP contribution in [0.15, 0.2) is 36.5 Å². The molecule has 0 bridgehead atoms. The van der Waals surface area contributed by atoms with Gasteiger partial charge < -0.3 is 4.74 Å². The zero-order chi connectivity index (χ0) is 23.1. The summed E-state index contributed by atoms with van der Waals surface area (Å²) in [4.78, 5) is 11.8. The monoisotopic (exact) mass is 495 g/mol. The molecule has 0 radical (unpaired) electrons. The summed E-state index contributed by atoms with van der Waals surface area (Å²) < 4.78 is 59.1. The van der Waals surface area contributed by atoms with Crippen LogP contribution in [-0.2, 0) is 10.4 Å². The van der Waals surface area contributed by atoms with Crippen LogP contribution in [0, 0.1) is 0 Å². The van der Waals surface area contributed by atoms with E-state index in [9.17, 15) is 22.4 Å². The van der Waals surface area contributed by atoms with Crippen molar-refractivity contribution in [2.45, 2.75) is 18.8 Å². The predicted molar refractivity (Wildman–Crippen MR) is 108 cm³/mol. The van der Waals surface area contributed by atoms with E-state index in [4.69, 9.17) is 34.8 Å². The molecule has 0 aliphatic rings. The van der Waals surface area contributed by atoms with Gasteiger partial charge in [-0.25, -0.2) is 13.9 Å². The molecule has 0 fully saturated rings. The number of methoxy groups -OCH3 is 1. The lowest BCUT2D eigenvalue weighted by atomic mass is 9.97. The summed E-state index contributed by atoms with van der Waals surface area (Å²) in [5, 5.41) is 7.47. The van der Waals surface area contributed by atoms with E-state index in [0.29, 0.717) is 12.5 Å². The number of carbonyl (C=O) groups is 1. The van der Waals surface area contributed by atoms with Crippen molar-refractivity contribution in [3.05, 3.63) is 62.7 Å². The highest BCUT2D eigenvalue weighted by Crippen LogP contribution is 2.45. The first-order chi connectivity index (χ1) is 14.4. The molecule has 1 heterocycles. The fraction of sp³-hybridized carbons (Fsp3) is 0.211. The fourth-order valence-corrected chi connectivity index (χ4v) is 3.53. The minimum atomic E-state index is -5.16. The van der Waals surface area contributed by atoms with Crippen molar-refractivity contribution in [2.24, 2.45) is 0 Å². The molecule has 0 aliphatic carbocycles. The summed E-state index contributed by atoms with van der Waals surface area (Å²) in [5.74, 6) is -0.653. The molecule has 12 heteroatoms. The Bertz CT molecular complexity index is 1140. The van der Waals surface area contributed by atoms with E-state index in [1.165, 1.54) is 25.4 Å². The van der Waals surface area contributed by atoms with Crippen molar-refractivity contribution < 1.29 is 27.1 Å². The second-order valence-corrected chi connectivity index (χ2v) is 7.75. The van der Waals surface area contributed by atoms with E-state index in [0.717, 1.165) is 16.8 Å². The van der Waals surface area contributed by atoms with Crippen LogP contribution >= 0.6 is 34.8 Å². The average molecular weight is 497 g/mol. The Morgan fingerprint density at radius 3 is 2.19 bits per heavy atom. The maximum atomic E-state index is 14.3. The van der Waals surface area contributed by atoms with Gasteiger partial charge in [0.25, 0.3) is 0 Å². The lowest BCUT2D eigenvalue weighted by Gasteiger charge is -2.25. The summed E-state index contributed by atoms with van der Waals surface area (Å²) in [6.45, 7) is 0.377. The van der Waals surface area contributed by atoms with Crippen molar-refractivity contribution in [1.82, 2.24) is 15.0 Å². The Morgan fingerprint density at radius 1 is 1.03 bits per heavy atom. The number of halogens is 7. The number of benzene rings is 2. The van der Waals surface area contributed by atoms with Crippen LogP contribution in [0.5, 0.6) is 0 Å². The van der Waals surface area contributed by atoms with Gasteiger partial charge in [0, 0.05) is 11.1 Å². The minimum Gasteiger partial charge on any atom is -0.465 e. The van der Waals surface area contributed by atoms with E-state index in [2.05, 4.69) is 15.0 Å². The summed E-state index contributed by atoms with van der Waals surface area (Å²) in [5.41, 5.74) is -3.56. The molecule has 2 aromatic carbocycles. The Balaban J connectivity index is 2.03. The normalized spacial score (nSPS) is 13.7.